The van der Waals surface area contributed by atoms with Gasteiger partial charge in [0.1, 0.15) is 5.75 Å². The summed E-state index contributed by atoms with van der Waals surface area (Å²) in [4.78, 5) is 14.4. The molecule has 0 aliphatic carbocycles. The molecule has 0 bridgehead atoms. The highest BCUT2D eigenvalue weighted by molar-refractivity contribution is 5.77. The van der Waals surface area contributed by atoms with Crippen LogP contribution in [0.3, 0.4) is 0 Å². The standard InChI is InChI=1S/C19H21NO2/c1-15-18-10-6-5-7-16(18)11-13-20(15)19(21)12-14-22-17-8-3-2-4-9-17/h2-10,15H,11-14H2,1H3. The van der Waals surface area contributed by atoms with Gasteiger partial charge in [-0.3, -0.25) is 4.79 Å². The van der Waals surface area contributed by atoms with Crippen molar-refractivity contribution in [3.05, 3.63) is 65.7 Å². The van der Waals surface area contributed by atoms with Crippen LogP contribution in [-0.2, 0) is 11.2 Å². The van der Waals surface area contributed by atoms with E-state index in [4.69, 9.17) is 4.74 Å². The first-order valence-electron chi connectivity index (χ1n) is 7.81. The third-order valence-electron chi connectivity index (χ3n) is 4.24. The highest BCUT2D eigenvalue weighted by Crippen LogP contribution is 2.29. The first-order chi connectivity index (χ1) is 10.8. The Balaban J connectivity index is 1.57. The molecular formula is C19H21NO2. The van der Waals surface area contributed by atoms with Crippen molar-refractivity contribution in [2.75, 3.05) is 13.2 Å². The van der Waals surface area contributed by atoms with E-state index in [0.29, 0.717) is 13.0 Å². The summed E-state index contributed by atoms with van der Waals surface area (Å²) in [6.07, 6.45) is 1.35. The maximum atomic E-state index is 12.5. The van der Waals surface area contributed by atoms with Crippen LogP contribution in [0.4, 0.5) is 0 Å². The van der Waals surface area contributed by atoms with Gasteiger partial charge in [0.25, 0.3) is 0 Å². The van der Waals surface area contributed by atoms with Crippen LogP contribution >= 0.6 is 0 Å². The molecular weight excluding hydrogens is 274 g/mol. The van der Waals surface area contributed by atoms with Crippen LogP contribution in [0.2, 0.25) is 0 Å². The van der Waals surface area contributed by atoms with E-state index in [2.05, 4.69) is 25.1 Å². The molecule has 1 atom stereocenters. The van der Waals surface area contributed by atoms with E-state index < -0.39 is 0 Å². The fraction of sp³-hybridized carbons (Fsp3) is 0.316. The topological polar surface area (TPSA) is 29.5 Å². The second kappa shape index (κ2) is 6.65. The monoisotopic (exact) mass is 295 g/mol. The van der Waals surface area contributed by atoms with Crippen molar-refractivity contribution < 1.29 is 9.53 Å². The third-order valence-corrected chi connectivity index (χ3v) is 4.24. The van der Waals surface area contributed by atoms with Crippen molar-refractivity contribution in [1.82, 2.24) is 4.90 Å². The SMILES string of the molecule is CC1c2ccccc2CCN1C(=O)CCOc1ccccc1. The summed E-state index contributed by atoms with van der Waals surface area (Å²) < 4.78 is 5.62. The van der Waals surface area contributed by atoms with Gasteiger partial charge in [-0.15, -0.1) is 0 Å². The smallest absolute Gasteiger partial charge is 0.226 e. The molecule has 1 heterocycles. The van der Waals surface area contributed by atoms with Crippen molar-refractivity contribution >= 4 is 5.91 Å². The van der Waals surface area contributed by atoms with Gasteiger partial charge < -0.3 is 9.64 Å². The molecule has 1 aliphatic rings. The number of ether oxygens (including phenoxy) is 1. The van der Waals surface area contributed by atoms with E-state index >= 15 is 0 Å². The molecule has 0 saturated carbocycles. The molecule has 1 amide bonds. The van der Waals surface area contributed by atoms with Gasteiger partial charge in [0.2, 0.25) is 5.91 Å². The number of benzene rings is 2. The lowest BCUT2D eigenvalue weighted by molar-refractivity contribution is -0.134. The fourth-order valence-corrected chi connectivity index (χ4v) is 3.03. The number of carbonyl (C=O) groups is 1. The van der Waals surface area contributed by atoms with Gasteiger partial charge in [0.05, 0.1) is 19.1 Å². The molecule has 1 unspecified atom stereocenters. The zero-order valence-electron chi connectivity index (χ0n) is 12.9. The third kappa shape index (κ3) is 3.14. The van der Waals surface area contributed by atoms with Crippen LogP contribution in [0.15, 0.2) is 54.6 Å². The van der Waals surface area contributed by atoms with Crippen LogP contribution in [0.5, 0.6) is 5.75 Å². The predicted molar refractivity (Wildman–Crippen MR) is 86.8 cm³/mol. The van der Waals surface area contributed by atoms with Crippen molar-refractivity contribution in [3.8, 4) is 5.75 Å². The van der Waals surface area contributed by atoms with Crippen LogP contribution < -0.4 is 4.74 Å². The average molecular weight is 295 g/mol. The molecule has 1 aliphatic heterocycles. The van der Waals surface area contributed by atoms with Crippen molar-refractivity contribution in [2.24, 2.45) is 0 Å². The van der Waals surface area contributed by atoms with E-state index in [1.807, 2.05) is 41.3 Å². The van der Waals surface area contributed by atoms with Gasteiger partial charge in [-0.1, -0.05) is 42.5 Å². The highest BCUT2D eigenvalue weighted by Gasteiger charge is 2.26. The first-order valence-corrected chi connectivity index (χ1v) is 7.81. The maximum absolute atomic E-state index is 12.5. The number of fused-ring (bicyclic) bond motifs is 1. The second-order valence-corrected chi connectivity index (χ2v) is 5.62. The van der Waals surface area contributed by atoms with Crippen molar-refractivity contribution in [1.29, 1.82) is 0 Å². The molecule has 3 nitrogen and oxygen atoms in total. The number of nitrogens with zero attached hydrogens (tertiary/aromatic N) is 1. The molecule has 3 heteroatoms. The summed E-state index contributed by atoms with van der Waals surface area (Å²) in [6, 6.07) is 18.2. The predicted octanol–water partition coefficient (Wildman–Crippen LogP) is 3.60. The molecule has 0 spiro atoms. The molecule has 114 valence electrons. The molecule has 0 radical (unpaired) electrons. The number of hydrogen-bond donors (Lipinski definition) is 0. The Morgan fingerprint density at radius 2 is 1.86 bits per heavy atom. The highest BCUT2D eigenvalue weighted by atomic mass is 16.5. The molecule has 0 fully saturated rings. The molecule has 2 aromatic carbocycles. The molecule has 2 aromatic rings. The molecule has 0 saturated heterocycles. The van der Waals surface area contributed by atoms with Gasteiger partial charge in [-0.05, 0) is 36.6 Å². The van der Waals surface area contributed by atoms with Crippen LogP contribution in [0.25, 0.3) is 0 Å². The van der Waals surface area contributed by atoms with Crippen molar-refractivity contribution in [2.45, 2.75) is 25.8 Å². The summed E-state index contributed by atoms with van der Waals surface area (Å²) in [5.41, 5.74) is 2.63. The summed E-state index contributed by atoms with van der Waals surface area (Å²) in [6.45, 7) is 3.32. The summed E-state index contributed by atoms with van der Waals surface area (Å²) in [7, 11) is 0. The average Bonchev–Trinajstić information content (AvgIpc) is 2.56. The maximum Gasteiger partial charge on any atom is 0.226 e. The van der Waals surface area contributed by atoms with E-state index in [0.717, 1.165) is 18.7 Å². The molecule has 3 rings (SSSR count). The number of hydrogen-bond acceptors (Lipinski definition) is 2. The fourth-order valence-electron chi connectivity index (χ4n) is 3.03. The number of rotatable bonds is 4. The van der Waals surface area contributed by atoms with Gasteiger partial charge in [-0.2, -0.15) is 0 Å². The Bertz CT molecular complexity index is 639. The Morgan fingerprint density at radius 1 is 1.14 bits per heavy atom. The zero-order valence-corrected chi connectivity index (χ0v) is 12.9. The normalized spacial score (nSPS) is 17.0. The number of amides is 1. The quantitative estimate of drug-likeness (QED) is 0.862. The molecule has 22 heavy (non-hydrogen) atoms. The zero-order chi connectivity index (χ0) is 15.4. The minimum Gasteiger partial charge on any atom is -0.493 e. The Kier molecular flexibility index (Phi) is 4.42. The lowest BCUT2D eigenvalue weighted by Crippen LogP contribution is -2.39. The van der Waals surface area contributed by atoms with E-state index in [9.17, 15) is 4.79 Å². The summed E-state index contributed by atoms with van der Waals surface area (Å²) >= 11 is 0. The Labute approximate surface area is 131 Å². The first kappa shape index (κ1) is 14.6. The summed E-state index contributed by atoms with van der Waals surface area (Å²) in [5, 5.41) is 0. The number of carbonyl (C=O) groups excluding carboxylic acids is 1. The van der Waals surface area contributed by atoms with E-state index in [1.54, 1.807) is 0 Å². The van der Waals surface area contributed by atoms with Crippen LogP contribution in [-0.4, -0.2) is 24.0 Å². The van der Waals surface area contributed by atoms with Crippen molar-refractivity contribution in [3.63, 3.8) is 0 Å². The van der Waals surface area contributed by atoms with Gasteiger partial charge in [0.15, 0.2) is 0 Å². The lowest BCUT2D eigenvalue weighted by Gasteiger charge is -2.35. The Hall–Kier alpha value is -2.29. The molecule has 0 aromatic heterocycles. The second-order valence-electron chi connectivity index (χ2n) is 5.62. The van der Waals surface area contributed by atoms with Gasteiger partial charge in [-0.25, -0.2) is 0 Å². The van der Waals surface area contributed by atoms with Gasteiger partial charge >= 0.3 is 0 Å². The lowest BCUT2D eigenvalue weighted by atomic mass is 9.93. The molecule has 0 N–H and O–H groups in total. The van der Waals surface area contributed by atoms with Gasteiger partial charge in [0, 0.05) is 6.54 Å². The van der Waals surface area contributed by atoms with E-state index in [-0.39, 0.29) is 11.9 Å². The van der Waals surface area contributed by atoms with Crippen LogP contribution in [0, 0.1) is 0 Å². The van der Waals surface area contributed by atoms with Crippen LogP contribution in [0.1, 0.15) is 30.5 Å². The largest absolute Gasteiger partial charge is 0.493 e. The number of para-hydroxylation sites is 1. The summed E-state index contributed by atoms with van der Waals surface area (Å²) in [5.74, 6) is 0.977. The minimum atomic E-state index is 0.147. The Morgan fingerprint density at radius 3 is 2.68 bits per heavy atom. The van der Waals surface area contributed by atoms with E-state index in [1.165, 1.54) is 11.1 Å². The minimum absolute atomic E-state index is 0.147.